The number of nitrogens with one attached hydrogen (secondary N) is 1. The number of imidazole rings is 2. The number of amides is 1. The third-order valence-corrected chi connectivity index (χ3v) is 6.46. The van der Waals surface area contributed by atoms with Gasteiger partial charge in [-0.25, -0.2) is 19.6 Å². The quantitative estimate of drug-likeness (QED) is 0.327. The Kier molecular flexibility index (Phi) is 11.0. The number of carbonyl (C=O) groups is 2. The first-order chi connectivity index (χ1) is 18.9. The zero-order valence-corrected chi connectivity index (χ0v) is 25.0. The molecule has 0 fully saturated rings. The summed E-state index contributed by atoms with van der Waals surface area (Å²) in [7, 11) is 0. The normalized spacial score (nSPS) is 15.4. The monoisotopic (exact) mass is 752 g/mol. The van der Waals surface area contributed by atoms with E-state index in [1.165, 1.54) is 9.47 Å². The summed E-state index contributed by atoms with van der Waals surface area (Å²) in [4.78, 5) is 29.2. The molecule has 0 aliphatic carbocycles. The van der Waals surface area contributed by atoms with Gasteiger partial charge in [-0.3, -0.25) is 0 Å². The first-order valence-corrected chi connectivity index (χ1v) is 13.1. The number of aliphatic carboxylic acids is 1. The number of carboxylic acids is 1. The lowest BCUT2D eigenvalue weighted by molar-refractivity contribution is -0.192. The van der Waals surface area contributed by atoms with Crippen LogP contribution in [0.5, 0.6) is 0 Å². The topological polar surface area (TPSA) is 115 Å². The Balaban J connectivity index is 0.000000252. The number of aromatic nitrogens is 4. The highest BCUT2D eigenvalue weighted by Crippen LogP contribution is 2.35. The molecule has 2 aromatic heterocycles. The van der Waals surface area contributed by atoms with Gasteiger partial charge in [0.25, 0.3) is 0 Å². The van der Waals surface area contributed by atoms with E-state index in [4.69, 9.17) is 14.6 Å². The van der Waals surface area contributed by atoms with Crippen LogP contribution < -0.4 is 5.32 Å². The number of ether oxygens (including phenoxy) is 1. The molecule has 42 heavy (non-hydrogen) atoms. The number of alkyl halides is 9. The molecule has 0 unspecified atom stereocenters. The predicted molar refractivity (Wildman–Crippen MR) is 132 cm³/mol. The first-order valence-electron chi connectivity index (χ1n) is 11.6. The van der Waals surface area contributed by atoms with Gasteiger partial charge in [0, 0.05) is 32.7 Å². The smallest absolute Gasteiger partial charge is 0.475 e. The summed E-state index contributed by atoms with van der Waals surface area (Å²) in [5, 5.41) is 10.1. The Labute approximate surface area is 248 Å². The highest BCUT2D eigenvalue weighted by molar-refractivity contribution is 9.10. The predicted octanol–water partition coefficient (Wildman–Crippen LogP) is 5.82. The van der Waals surface area contributed by atoms with Gasteiger partial charge in [-0.15, -0.1) is 0 Å². The van der Waals surface area contributed by atoms with Crippen LogP contribution in [0.25, 0.3) is 0 Å². The molecule has 2 aliphatic heterocycles. The van der Waals surface area contributed by atoms with Crippen LogP contribution in [0.4, 0.5) is 44.3 Å². The summed E-state index contributed by atoms with van der Waals surface area (Å²) in [6.45, 7) is 6.67. The van der Waals surface area contributed by atoms with E-state index < -0.39 is 47.8 Å². The lowest BCUT2D eigenvalue weighted by Crippen LogP contribution is -2.42. The summed E-state index contributed by atoms with van der Waals surface area (Å²) in [5.41, 5.74) is 0.228. The number of fused-ring (bicyclic) bond motifs is 2. The van der Waals surface area contributed by atoms with Gasteiger partial charge in [0.15, 0.2) is 0 Å². The van der Waals surface area contributed by atoms with Crippen molar-refractivity contribution in [1.82, 2.24) is 29.3 Å². The van der Waals surface area contributed by atoms with Crippen molar-refractivity contribution in [2.45, 2.75) is 71.1 Å². The van der Waals surface area contributed by atoms with Gasteiger partial charge in [-0.1, -0.05) is 0 Å². The second kappa shape index (κ2) is 13.0. The molecular formula is C21H23Br2F9N6O4. The Morgan fingerprint density at radius 3 is 1.71 bits per heavy atom. The zero-order chi connectivity index (χ0) is 32.4. The van der Waals surface area contributed by atoms with E-state index >= 15 is 0 Å². The largest absolute Gasteiger partial charge is 0.490 e. The van der Waals surface area contributed by atoms with E-state index in [0.29, 0.717) is 31.0 Å². The summed E-state index contributed by atoms with van der Waals surface area (Å²) >= 11 is 6.05. The summed E-state index contributed by atoms with van der Waals surface area (Å²) in [6.07, 6.45) is -14.5. The second-order valence-corrected chi connectivity index (χ2v) is 11.0. The van der Waals surface area contributed by atoms with Crippen LogP contribution in [0.1, 0.15) is 43.8 Å². The minimum Gasteiger partial charge on any atom is -0.475 e. The number of carbonyl (C=O) groups excluding carboxylic acids is 1. The van der Waals surface area contributed by atoms with Crippen molar-refractivity contribution < 1.29 is 58.9 Å². The number of carboxylic acid groups (broad SMARTS) is 1. The number of halogens is 11. The molecule has 0 spiro atoms. The van der Waals surface area contributed by atoms with E-state index in [0.717, 1.165) is 4.57 Å². The lowest BCUT2D eigenvalue weighted by atomic mass is 10.2. The maximum atomic E-state index is 12.9. The molecule has 0 saturated carbocycles. The molecule has 2 aliphatic rings. The first kappa shape index (κ1) is 35.6. The van der Waals surface area contributed by atoms with E-state index in [2.05, 4.69) is 47.1 Å². The number of hydrogen-bond donors (Lipinski definition) is 2. The van der Waals surface area contributed by atoms with E-state index in [1.54, 1.807) is 20.8 Å². The van der Waals surface area contributed by atoms with Gasteiger partial charge in [-0.05, 0) is 52.6 Å². The van der Waals surface area contributed by atoms with Crippen molar-refractivity contribution in [3.63, 3.8) is 0 Å². The van der Waals surface area contributed by atoms with E-state index in [-0.39, 0.29) is 28.8 Å². The van der Waals surface area contributed by atoms with Gasteiger partial charge in [0.1, 0.15) is 14.8 Å². The zero-order valence-electron chi connectivity index (χ0n) is 21.8. The Hall–Kier alpha value is -2.55. The molecule has 0 radical (unpaired) electrons. The molecule has 2 N–H and O–H groups in total. The maximum Gasteiger partial charge on any atom is 0.490 e. The fourth-order valence-electron chi connectivity index (χ4n) is 3.51. The molecule has 0 bridgehead atoms. The van der Waals surface area contributed by atoms with Crippen molar-refractivity contribution in [3.8, 4) is 0 Å². The highest BCUT2D eigenvalue weighted by atomic mass is 79.9. The molecule has 21 heteroatoms. The second-order valence-electron chi connectivity index (χ2n) is 9.53. The molecule has 10 nitrogen and oxygen atoms in total. The molecule has 4 rings (SSSR count). The maximum absolute atomic E-state index is 12.9. The number of rotatable bonds is 0. The Morgan fingerprint density at radius 1 is 0.833 bits per heavy atom. The van der Waals surface area contributed by atoms with Crippen molar-refractivity contribution in [1.29, 1.82) is 0 Å². The highest BCUT2D eigenvalue weighted by Gasteiger charge is 2.41. The minimum atomic E-state index is -5.08. The molecule has 4 heterocycles. The molecule has 1 amide bonds. The van der Waals surface area contributed by atoms with Crippen molar-refractivity contribution in [2.75, 3.05) is 13.1 Å². The standard InChI is InChI=1S/C12H15BrF3N3O2.C7H7BrF3N3.C2HF3O2/c1-11(2,3)21-10(20)18-4-5-19-7(6-18)8(13)17-9(19)12(14,15)16;8-5-4-3-12-1-2-14(4)6(13-5)7(9,10)11;3-2(4,5)1(6)7/h4-6H2,1-3H3;12H,1-3H2;(H,6,7). The fourth-order valence-corrected chi connectivity index (χ4v) is 4.54. The van der Waals surface area contributed by atoms with Crippen LogP contribution in [0, 0.1) is 0 Å². The Morgan fingerprint density at radius 2 is 1.29 bits per heavy atom. The number of nitrogens with zero attached hydrogens (tertiary/aromatic N) is 5. The van der Waals surface area contributed by atoms with Gasteiger partial charge >= 0.3 is 30.6 Å². The van der Waals surface area contributed by atoms with Crippen LogP contribution in [0.15, 0.2) is 9.21 Å². The summed E-state index contributed by atoms with van der Waals surface area (Å²) in [5.74, 6) is -4.53. The van der Waals surface area contributed by atoms with Crippen LogP contribution in [-0.4, -0.2) is 66.0 Å². The van der Waals surface area contributed by atoms with Crippen molar-refractivity contribution in [3.05, 3.63) is 32.2 Å². The summed E-state index contributed by atoms with van der Waals surface area (Å²) in [6, 6.07) is 0. The van der Waals surface area contributed by atoms with Gasteiger partial charge in [0.2, 0.25) is 11.6 Å². The molecule has 0 saturated heterocycles. The SMILES string of the molecule is CC(C)(C)OC(=O)N1CCn2c(C(F)(F)F)nc(Br)c2C1.FC(F)(F)c1nc(Br)c2n1CCNC2.O=C(O)C(F)(F)F. The fraction of sp³-hybridized carbons (Fsp3) is 0.619. The van der Waals surface area contributed by atoms with Crippen LogP contribution in [-0.2, 0) is 48.1 Å². The lowest BCUT2D eigenvalue weighted by Gasteiger charge is -2.31. The van der Waals surface area contributed by atoms with Crippen LogP contribution >= 0.6 is 31.9 Å². The van der Waals surface area contributed by atoms with Crippen molar-refractivity contribution >= 4 is 43.9 Å². The molecule has 0 aromatic carbocycles. The average Bonchev–Trinajstić information content (AvgIpc) is 3.35. The van der Waals surface area contributed by atoms with E-state index in [1.807, 2.05) is 0 Å². The third kappa shape index (κ3) is 9.48. The molecule has 238 valence electrons. The van der Waals surface area contributed by atoms with Crippen molar-refractivity contribution in [2.24, 2.45) is 0 Å². The van der Waals surface area contributed by atoms with Crippen LogP contribution in [0.3, 0.4) is 0 Å². The number of hydrogen-bond acceptors (Lipinski definition) is 6. The summed E-state index contributed by atoms with van der Waals surface area (Å²) < 4.78 is 116. The molecule has 0 atom stereocenters. The minimum absolute atomic E-state index is 0.0264. The molecular weight excluding hydrogens is 731 g/mol. The van der Waals surface area contributed by atoms with Gasteiger partial charge in [0.05, 0.1) is 17.9 Å². The third-order valence-electron chi connectivity index (χ3n) is 5.19. The Bertz CT molecular complexity index is 1280. The van der Waals surface area contributed by atoms with Gasteiger partial charge < -0.3 is 29.2 Å². The molecule has 2 aromatic rings. The average molecular weight is 754 g/mol. The van der Waals surface area contributed by atoms with Crippen LogP contribution in [0.2, 0.25) is 0 Å². The van der Waals surface area contributed by atoms with E-state index in [9.17, 15) is 44.3 Å². The van der Waals surface area contributed by atoms with Gasteiger partial charge in [-0.2, -0.15) is 39.5 Å².